The van der Waals surface area contributed by atoms with Crippen LogP contribution in [0.2, 0.25) is 0 Å². The Morgan fingerprint density at radius 3 is 1.38 bits per heavy atom. The fourth-order valence-corrected chi connectivity index (χ4v) is 3.66. The summed E-state index contributed by atoms with van der Waals surface area (Å²) in [5, 5.41) is 11.1. The van der Waals surface area contributed by atoms with Crippen LogP contribution in [-0.2, 0) is 104 Å². The minimum atomic E-state index is -0.706. The molecule has 4 N–H and O–H groups in total. The van der Waals surface area contributed by atoms with Gasteiger partial charge in [0.1, 0.15) is 12.6 Å². The van der Waals surface area contributed by atoms with E-state index in [2.05, 4.69) is 121 Å². The Morgan fingerprint density at radius 1 is 0.786 bits per heavy atom. The number of anilines is 1. The molecule has 2 radical (unpaired) electrons. The van der Waals surface area contributed by atoms with Gasteiger partial charge in [0.15, 0.2) is 0 Å². The van der Waals surface area contributed by atoms with Crippen LogP contribution in [0.4, 0.5) is 5.69 Å². The van der Waals surface area contributed by atoms with Crippen LogP contribution in [0, 0.1) is 13.8 Å². The van der Waals surface area contributed by atoms with Crippen molar-refractivity contribution < 1.29 is 53.2 Å². The van der Waals surface area contributed by atoms with E-state index in [0.29, 0.717) is 43.5 Å². The van der Waals surface area contributed by atoms with E-state index >= 15 is 0 Å². The van der Waals surface area contributed by atoms with Gasteiger partial charge in [-0.1, -0.05) is 35.5 Å². The molecule has 0 heterocycles. The predicted molar refractivity (Wildman–Crippen MR) is 189 cm³/mol. The molecule has 0 unspecified atom stereocenters. The molecule has 0 aliphatic carbocycles. The smallest absolute Gasteiger partial charge is 0.467 e. The monoisotopic (exact) mass is 809 g/mol. The number of para-hydroxylation sites is 1. The second kappa shape index (κ2) is 29.3. The van der Waals surface area contributed by atoms with Gasteiger partial charge >= 0.3 is 40.1 Å². The van der Waals surface area contributed by atoms with E-state index in [1.165, 1.54) is 19.1 Å². The van der Waals surface area contributed by atoms with Crippen molar-refractivity contribution in [2.45, 2.75) is 26.8 Å². The second-order valence-electron chi connectivity index (χ2n) is 7.49. The molecule has 42 heavy (non-hydrogen) atoms. The molecule has 0 bridgehead atoms. The Morgan fingerprint density at radius 2 is 1.12 bits per heavy atom. The van der Waals surface area contributed by atoms with Gasteiger partial charge in [0, 0.05) is 33.3 Å². The number of esters is 1. The van der Waals surface area contributed by atoms with Gasteiger partial charge in [-0.25, -0.2) is 4.79 Å². The van der Waals surface area contributed by atoms with Crippen molar-refractivity contribution in [1.29, 1.82) is 0 Å². The zero-order chi connectivity index (χ0) is 31.3. The SMILES string of the molecule is COCC(=O)N(c1c(C)cccc1C)[C@H](C)C(=O)OC.S=C([S-])NCCNC(=S)[S-].S=C([S-])NCCNC(=S)[S-].[Mn+2].[Mn+2]. The van der Waals surface area contributed by atoms with Crippen LogP contribution < -0.4 is 26.2 Å². The molecule has 0 spiro atoms. The van der Waals surface area contributed by atoms with Crippen molar-refractivity contribution in [3.05, 3.63) is 29.3 Å². The topological polar surface area (TPSA) is 104 Å². The summed E-state index contributed by atoms with van der Waals surface area (Å²) in [5.41, 5.74) is 2.57. The molecule has 1 aromatic rings. The Balaban J connectivity index is -0.000000280. The summed E-state index contributed by atoms with van der Waals surface area (Å²) in [6.07, 6.45) is 0. The normalized spacial score (nSPS) is 9.64. The number of nitrogens with zero attached hydrogens (tertiary/aromatic N) is 1. The summed E-state index contributed by atoms with van der Waals surface area (Å²) < 4.78 is 11.1. The predicted octanol–water partition coefficient (Wildman–Crippen LogP) is 1.50. The summed E-state index contributed by atoms with van der Waals surface area (Å²) in [6.45, 7) is 8.02. The maximum Gasteiger partial charge on any atom is 2.00 e. The minimum absolute atomic E-state index is 0. The summed E-state index contributed by atoms with van der Waals surface area (Å²) in [7, 11) is 2.76. The number of amides is 1. The quantitative estimate of drug-likeness (QED) is 0.0854. The molecule has 19 heteroatoms. The Hall–Kier alpha value is -0.401. The first-order chi connectivity index (χ1) is 18.7. The number of methoxy groups -OCH3 is 2. The zero-order valence-electron chi connectivity index (χ0n) is 23.4. The van der Waals surface area contributed by atoms with Gasteiger partial charge in [0.25, 0.3) is 5.91 Å². The van der Waals surface area contributed by atoms with Crippen LogP contribution in [0.5, 0.6) is 0 Å². The molecule has 1 atom stereocenters. The molecule has 1 rings (SSSR count). The Kier molecular flexibility index (Phi) is 33.9. The van der Waals surface area contributed by atoms with Crippen molar-refractivity contribution >= 4 is 134 Å². The maximum atomic E-state index is 12.3. The van der Waals surface area contributed by atoms with Gasteiger partial charge in [-0.2, -0.15) is 0 Å². The van der Waals surface area contributed by atoms with E-state index in [0.717, 1.165) is 16.8 Å². The average molecular weight is 810 g/mol. The number of hydrogen-bond acceptors (Lipinski definition) is 12. The molecule has 9 nitrogen and oxygen atoms in total. The molecule has 1 aromatic carbocycles. The third-order valence-corrected chi connectivity index (χ3v) is 5.63. The molecule has 0 saturated heterocycles. The van der Waals surface area contributed by atoms with Gasteiger partial charge in [-0.05, 0) is 31.9 Å². The maximum absolute atomic E-state index is 12.3. The van der Waals surface area contributed by atoms with Gasteiger partial charge < -0.3 is 130 Å². The minimum Gasteiger partial charge on any atom is -0.467 e. The van der Waals surface area contributed by atoms with E-state index in [4.69, 9.17) is 9.47 Å². The first kappa shape index (κ1) is 48.5. The number of carbonyl (C=O) groups is 2. The van der Waals surface area contributed by atoms with Crippen LogP contribution in [-0.4, -0.2) is 82.2 Å². The number of benzene rings is 1. The van der Waals surface area contributed by atoms with Crippen LogP contribution in [0.15, 0.2) is 18.2 Å². The van der Waals surface area contributed by atoms with Crippen molar-refractivity contribution in [3.8, 4) is 0 Å². The van der Waals surface area contributed by atoms with Gasteiger partial charge in [0.05, 0.1) is 12.8 Å². The van der Waals surface area contributed by atoms with Crippen LogP contribution in [0.1, 0.15) is 18.1 Å². The number of ether oxygens (including phenoxy) is 2. The number of aryl methyl sites for hydroxylation is 2. The molecule has 0 aliphatic rings. The van der Waals surface area contributed by atoms with Gasteiger partial charge in [-0.3, -0.25) is 9.69 Å². The third-order valence-electron chi connectivity index (χ3n) is 4.47. The molecule has 1 amide bonds. The van der Waals surface area contributed by atoms with Gasteiger partial charge in [0.2, 0.25) is 0 Å². The molecule has 236 valence electrons. The molecule has 0 fully saturated rings. The fourth-order valence-electron chi connectivity index (χ4n) is 2.85. The summed E-state index contributed by atoms with van der Waals surface area (Å²) in [5.74, 6) is -0.736. The third kappa shape index (κ3) is 25.0. The summed E-state index contributed by atoms with van der Waals surface area (Å²) in [6, 6.07) is 5.01. The van der Waals surface area contributed by atoms with Crippen LogP contribution >= 0.6 is 48.9 Å². The van der Waals surface area contributed by atoms with E-state index in [1.807, 2.05) is 32.0 Å². The Labute approximate surface area is 313 Å². The van der Waals surface area contributed by atoms with Crippen molar-refractivity contribution in [3.63, 3.8) is 0 Å². The van der Waals surface area contributed by atoms with E-state index in [-0.39, 0.29) is 46.7 Å². The van der Waals surface area contributed by atoms with Crippen molar-refractivity contribution in [2.24, 2.45) is 0 Å². The molecule has 0 aromatic heterocycles. The number of nitrogens with one attached hydrogen (secondary N) is 4. The number of hydrogen-bond donors (Lipinski definition) is 4. The van der Waals surface area contributed by atoms with Crippen LogP contribution in [0.3, 0.4) is 0 Å². The zero-order valence-corrected chi connectivity index (χ0v) is 32.3. The standard InChI is InChI=1S/C15H21NO4.2C4H8N2S4.2Mn/c1-10-7-6-8-11(2)14(10)16(13(17)9-19-4)12(3)15(18)20-5;2*7-3(8)5-1-2-6-4(9)10;;/h6-8,12H,9H2,1-5H3;2*1-2H2,(H2,5,7,8)(H2,6,9,10);;/q;;;2*+2/p-4/t12-;;;;/m1..../s1. The molecule has 0 aliphatic heterocycles. The van der Waals surface area contributed by atoms with E-state index in [9.17, 15) is 9.59 Å². The van der Waals surface area contributed by atoms with E-state index < -0.39 is 12.0 Å². The van der Waals surface area contributed by atoms with E-state index in [1.54, 1.807) is 6.92 Å². The molecule has 0 saturated carbocycles. The molecular formula is C23H33Mn2N5O4S8. The first-order valence-corrected chi connectivity index (χ1v) is 14.7. The van der Waals surface area contributed by atoms with Crippen molar-refractivity contribution in [1.82, 2.24) is 21.3 Å². The van der Waals surface area contributed by atoms with Crippen LogP contribution in [0.25, 0.3) is 0 Å². The number of thiocarbonyl (C=S) groups is 4. The number of rotatable bonds is 11. The fraction of sp³-hybridized carbons (Fsp3) is 0.478. The summed E-state index contributed by atoms with van der Waals surface area (Å²) in [4.78, 5) is 25.5. The summed E-state index contributed by atoms with van der Waals surface area (Å²) >= 11 is 36.7. The van der Waals surface area contributed by atoms with Gasteiger partial charge in [-0.15, -0.1) is 0 Å². The first-order valence-electron chi connectivity index (χ1n) is 11.4. The largest absolute Gasteiger partial charge is 2.00 e. The van der Waals surface area contributed by atoms with Crippen molar-refractivity contribution in [2.75, 3.05) is 51.9 Å². The average Bonchev–Trinajstić information content (AvgIpc) is 2.86. The molecular weight excluding hydrogens is 777 g/mol. The second-order valence-corrected chi connectivity index (χ2v) is 11.8. The Bertz CT molecular complexity index is 927. The number of carbonyl (C=O) groups excluding carboxylic acids is 2.